The summed E-state index contributed by atoms with van der Waals surface area (Å²) in [6.07, 6.45) is 9.25. The van der Waals surface area contributed by atoms with Crippen molar-refractivity contribution in [3.8, 4) is 0 Å². The molecule has 0 fully saturated rings. The monoisotopic (exact) mass is 1190 g/mol. The molecule has 0 saturated heterocycles. The zero-order valence-corrected chi connectivity index (χ0v) is 57.3. The first-order valence-corrected chi connectivity index (χ1v) is 41.5. The van der Waals surface area contributed by atoms with E-state index in [9.17, 15) is 19.2 Å². The molecule has 0 spiro atoms. The van der Waals surface area contributed by atoms with Crippen molar-refractivity contribution in [1.29, 1.82) is 0 Å². The van der Waals surface area contributed by atoms with Crippen LogP contribution in [-0.2, 0) is 86.6 Å². The Labute approximate surface area is 466 Å². The molecular weight excluding hydrogens is 1090 g/mol. The molecule has 0 amide bonds. The van der Waals surface area contributed by atoms with Crippen LogP contribution in [0.2, 0.25) is 103 Å². The summed E-state index contributed by atoms with van der Waals surface area (Å²) in [5.41, 5.74) is 1.89. The molecule has 0 aromatic heterocycles. The van der Waals surface area contributed by atoms with Crippen molar-refractivity contribution in [2.24, 2.45) is 0 Å². The zero-order valence-electron chi connectivity index (χ0n) is 45.6. The molecule has 380 valence electrons. The Balaban J connectivity index is -0.000000291. The number of rotatable bonds is 25. The average Bonchev–Trinajstić information content (AvgIpc) is 3.21. The van der Waals surface area contributed by atoms with Gasteiger partial charge >= 0.3 is 17.1 Å². The fraction of sp³-hybridized carbons (Fsp3) is 0.633. The van der Waals surface area contributed by atoms with Crippen molar-refractivity contribution in [3.05, 3.63) is 83.9 Å². The molecule has 10 nitrogen and oxygen atoms in total. The summed E-state index contributed by atoms with van der Waals surface area (Å²) in [6, 6.07) is 19.5. The summed E-state index contributed by atoms with van der Waals surface area (Å²) in [7, 11) is -8.75. The Morgan fingerprint density at radius 2 is 0.806 bits per heavy atom. The second-order valence-electron chi connectivity index (χ2n) is 19.5. The van der Waals surface area contributed by atoms with Gasteiger partial charge < -0.3 is 40.7 Å². The molecule has 1 N–H and O–H groups in total. The Morgan fingerprint density at radius 1 is 0.507 bits per heavy atom. The van der Waals surface area contributed by atoms with E-state index in [1.54, 1.807) is 18.2 Å². The number of hydrogen-bond donors (Lipinski definition) is 1. The molecule has 0 bridgehead atoms. The number of hydrogen-bond acceptors (Lipinski definition) is 10. The first-order chi connectivity index (χ1) is 30.0. The SMILES string of the molecule is C=C.CCCCC[Si](C)(C)O[Si](C)(C)O[Si](C)(C)CCC(=O)c1c[c-]cc(C(C)=O)c1.CCCC[Si](C)(C)O[Si](C)(C)O[Si](C)(C)CCCC.CO.COC(=O)c1c[c-]cc(C(C)=O)c1.[Y].[Y]. The molecule has 0 heterocycles. The van der Waals surface area contributed by atoms with Crippen LogP contribution in [-0.4, -0.2) is 93.0 Å². The Kier molecular flexibility index (Phi) is 43.7. The van der Waals surface area contributed by atoms with E-state index in [4.69, 9.17) is 21.6 Å². The number of carbonyl (C=O) groups excluding carboxylic acids is 4. The van der Waals surface area contributed by atoms with Crippen LogP contribution in [0.25, 0.3) is 0 Å². The zero-order chi connectivity index (χ0) is 51.3. The van der Waals surface area contributed by atoms with Gasteiger partial charge in [-0.1, -0.05) is 82.4 Å². The summed E-state index contributed by atoms with van der Waals surface area (Å²) in [4.78, 5) is 46.1. The van der Waals surface area contributed by atoms with Gasteiger partial charge in [-0.05, 0) is 129 Å². The minimum absolute atomic E-state index is 0. The topological polar surface area (TPSA) is 135 Å². The van der Waals surface area contributed by atoms with E-state index in [1.165, 1.54) is 102 Å². The molecule has 2 radical (unpaired) electrons. The fourth-order valence-corrected chi connectivity index (χ4v) is 35.6. The number of benzene rings is 2. The van der Waals surface area contributed by atoms with E-state index in [-0.39, 0.29) is 82.8 Å². The second kappa shape index (κ2) is 38.6. The normalized spacial score (nSPS) is 11.5. The number of aliphatic hydroxyl groups is 1. The van der Waals surface area contributed by atoms with Crippen molar-refractivity contribution in [2.45, 2.75) is 189 Å². The number of methoxy groups -OCH3 is 1. The minimum Gasteiger partial charge on any atom is -0.475 e. The molecule has 0 atom stereocenters. The van der Waals surface area contributed by atoms with Crippen LogP contribution in [0.5, 0.6) is 0 Å². The van der Waals surface area contributed by atoms with E-state index in [2.05, 4.69) is 129 Å². The van der Waals surface area contributed by atoms with Crippen LogP contribution in [0.4, 0.5) is 0 Å². The minimum atomic E-state index is -2.25. The number of aliphatic hydroxyl groups excluding tert-OH is 1. The number of ketones is 3. The third-order valence-corrected chi connectivity index (χ3v) is 32.7. The quantitative estimate of drug-likeness (QED) is 0.0256. The molecule has 0 aliphatic heterocycles. The van der Waals surface area contributed by atoms with Crippen molar-refractivity contribution in [3.63, 3.8) is 0 Å². The third-order valence-electron chi connectivity index (χ3n) is 9.82. The summed E-state index contributed by atoms with van der Waals surface area (Å²) in [5.74, 6) is -0.561. The van der Waals surface area contributed by atoms with Crippen LogP contribution in [0.15, 0.2) is 49.6 Å². The van der Waals surface area contributed by atoms with Crippen LogP contribution in [0.3, 0.4) is 0 Å². The molecule has 67 heavy (non-hydrogen) atoms. The van der Waals surface area contributed by atoms with Gasteiger partial charge in [0.1, 0.15) is 17.3 Å². The number of unbranched alkanes of at least 4 members (excludes halogenated alkanes) is 4. The van der Waals surface area contributed by atoms with Gasteiger partial charge in [0, 0.05) is 72.5 Å². The first kappa shape index (κ1) is 75.9. The molecule has 0 aliphatic rings. The van der Waals surface area contributed by atoms with Gasteiger partial charge in [0.15, 0.2) is 33.3 Å². The molecule has 18 heteroatoms. The summed E-state index contributed by atoms with van der Waals surface area (Å²) < 4.78 is 30.8. The maximum Gasteiger partial charge on any atom is 0.311 e. The van der Waals surface area contributed by atoms with Crippen molar-refractivity contribution >= 4 is 73.7 Å². The van der Waals surface area contributed by atoms with Crippen LogP contribution < -0.4 is 0 Å². The fourth-order valence-electron chi connectivity index (χ4n) is 7.22. The van der Waals surface area contributed by atoms with Gasteiger partial charge in [0.2, 0.25) is 0 Å². The molecule has 0 unspecified atom stereocenters. The number of ether oxygens (including phenoxy) is 1. The predicted molar refractivity (Wildman–Crippen MR) is 288 cm³/mol. The molecule has 2 aromatic rings. The molecule has 2 aromatic carbocycles. The summed E-state index contributed by atoms with van der Waals surface area (Å²) >= 11 is 0. The molecule has 2 rings (SSSR count). The van der Waals surface area contributed by atoms with Crippen molar-refractivity contribution < 1.29 is 111 Å². The Hall–Kier alpha value is -0.0309. The maximum atomic E-state index is 12.6. The van der Waals surface area contributed by atoms with Crippen LogP contribution in [0, 0.1) is 12.1 Å². The van der Waals surface area contributed by atoms with E-state index >= 15 is 0 Å². The van der Waals surface area contributed by atoms with Gasteiger partial charge in [-0.25, -0.2) is 0 Å². The second-order valence-corrected chi connectivity index (χ2v) is 44.4. The van der Waals surface area contributed by atoms with Gasteiger partial charge in [-0.15, -0.1) is 19.2 Å². The summed E-state index contributed by atoms with van der Waals surface area (Å²) in [6.45, 7) is 42.8. The predicted octanol–water partition coefficient (Wildman–Crippen LogP) is 14.2. The summed E-state index contributed by atoms with van der Waals surface area (Å²) in [5, 5.41) is 7.00. The van der Waals surface area contributed by atoms with E-state index in [0.29, 0.717) is 28.7 Å². The van der Waals surface area contributed by atoms with Gasteiger partial charge in [-0.2, -0.15) is 42.5 Å². The van der Waals surface area contributed by atoms with Crippen molar-refractivity contribution in [2.75, 3.05) is 14.2 Å². The van der Waals surface area contributed by atoms with Gasteiger partial charge in [-0.3, -0.25) is 4.79 Å². The number of carbonyl (C=O) groups is 4. The van der Waals surface area contributed by atoms with Crippen molar-refractivity contribution in [1.82, 2.24) is 0 Å². The number of Topliss-reactive ketones (excluding diaryl/α,β-unsaturated/α-hetero) is 3. The molecular formula is C49H92O10Si6Y2-2. The standard InChI is InChI=1S/C22H39O4Si3.C14H36O2Si3.C10H9O3.C2H4.CH4O.2Y/c1-9-10-11-16-27(3,4)25-29(7,8)26-28(5,6)17-15-22(24)21-14-12-13-20(18-21)19(2)23;1-9-11-13-17(3,4)15-19(7,8)16-18(5,6)14-12-10-2;1-7(11)8-4-3-5-9(6-8)10(12)13-2;2*1-2;;/h13-14,18H,9-11,15-17H2,1-8H3;9-14H2,1-8H3;4-6H,1-2H3;1-2H2;2H,1H3;;/q-1;;-1;;;;. The Morgan fingerprint density at radius 3 is 1.13 bits per heavy atom. The van der Waals surface area contributed by atoms with Crippen LogP contribution in [0.1, 0.15) is 127 Å². The average molecular weight is 1190 g/mol. The Bertz CT molecular complexity index is 1670. The van der Waals surface area contributed by atoms with E-state index in [0.717, 1.165) is 13.2 Å². The largest absolute Gasteiger partial charge is 0.475 e. The smallest absolute Gasteiger partial charge is 0.311 e. The van der Waals surface area contributed by atoms with E-state index < -0.39 is 56.4 Å². The number of esters is 1. The van der Waals surface area contributed by atoms with E-state index in [1.807, 2.05) is 0 Å². The third kappa shape index (κ3) is 38.3. The van der Waals surface area contributed by atoms with Gasteiger partial charge in [0.05, 0.1) is 7.11 Å². The van der Waals surface area contributed by atoms with Crippen LogP contribution >= 0.6 is 0 Å². The maximum absolute atomic E-state index is 12.6. The molecule has 0 saturated carbocycles. The van der Waals surface area contributed by atoms with Gasteiger partial charge in [0.25, 0.3) is 5.97 Å². The first-order valence-electron chi connectivity index (χ1n) is 23.4. The molecule has 0 aliphatic carbocycles.